The second-order valence-electron chi connectivity index (χ2n) is 5.86. The lowest BCUT2D eigenvalue weighted by atomic mass is 10.1. The van der Waals surface area contributed by atoms with Gasteiger partial charge in [0.15, 0.2) is 0 Å². The molecule has 0 radical (unpaired) electrons. The average molecular weight is 298 g/mol. The first kappa shape index (κ1) is 14.8. The van der Waals surface area contributed by atoms with Crippen molar-refractivity contribution in [1.82, 2.24) is 0 Å². The Morgan fingerprint density at radius 1 is 1.40 bits per heavy atom. The van der Waals surface area contributed by atoms with E-state index in [0.29, 0.717) is 16.4 Å². The van der Waals surface area contributed by atoms with E-state index in [9.17, 15) is 4.79 Å². The molecule has 0 bridgehead atoms. The van der Waals surface area contributed by atoms with Crippen molar-refractivity contribution < 1.29 is 9.53 Å². The highest BCUT2D eigenvalue weighted by Gasteiger charge is 2.21. The molecule has 0 atom stereocenters. The third-order valence-corrected chi connectivity index (χ3v) is 3.25. The van der Waals surface area contributed by atoms with Gasteiger partial charge in [0.25, 0.3) is 0 Å². The lowest BCUT2D eigenvalue weighted by molar-refractivity contribution is 0.0636. The molecule has 20 heavy (non-hydrogen) atoms. The van der Waals surface area contributed by atoms with Gasteiger partial charge >= 0.3 is 6.09 Å². The molecule has 2 rings (SSSR count). The highest BCUT2D eigenvalue weighted by molar-refractivity contribution is 6.33. The fraction of sp³-hybridized carbons (Fsp3) is 0.500. The van der Waals surface area contributed by atoms with Gasteiger partial charge in [-0.15, -0.1) is 0 Å². The summed E-state index contributed by atoms with van der Waals surface area (Å²) in [6.07, 6.45) is 0.622. The third kappa shape index (κ3) is 3.48. The number of nitrogen functional groups attached to an aromatic ring is 1. The smallest absolute Gasteiger partial charge is 0.412 e. The van der Waals surface area contributed by atoms with Crippen molar-refractivity contribution in [2.45, 2.75) is 32.8 Å². The summed E-state index contributed by atoms with van der Waals surface area (Å²) < 4.78 is 5.22. The molecule has 1 aliphatic heterocycles. The lowest BCUT2D eigenvalue weighted by Gasteiger charge is -2.34. The zero-order valence-electron chi connectivity index (χ0n) is 12.0. The molecule has 1 aliphatic rings. The molecule has 1 aromatic rings. The van der Waals surface area contributed by atoms with Crippen LogP contribution in [0.5, 0.6) is 0 Å². The number of anilines is 3. The number of benzene rings is 1. The summed E-state index contributed by atoms with van der Waals surface area (Å²) in [7, 11) is 0. The first-order valence-corrected chi connectivity index (χ1v) is 6.98. The molecule has 5 nitrogen and oxygen atoms in total. The summed E-state index contributed by atoms with van der Waals surface area (Å²) in [6.45, 7) is 7.36. The van der Waals surface area contributed by atoms with Gasteiger partial charge in [-0.25, -0.2) is 4.79 Å². The zero-order chi connectivity index (χ0) is 14.9. The lowest BCUT2D eigenvalue weighted by Crippen LogP contribution is -2.37. The van der Waals surface area contributed by atoms with Crippen molar-refractivity contribution in [3.63, 3.8) is 0 Å². The second-order valence-corrected chi connectivity index (χ2v) is 6.27. The first-order valence-electron chi connectivity index (χ1n) is 6.60. The molecule has 1 amide bonds. The molecule has 0 unspecified atom stereocenters. The molecule has 3 N–H and O–H groups in total. The summed E-state index contributed by atoms with van der Waals surface area (Å²) in [5.41, 5.74) is 7.17. The van der Waals surface area contributed by atoms with Crippen LogP contribution >= 0.6 is 11.6 Å². The number of hydrogen-bond donors (Lipinski definition) is 2. The van der Waals surface area contributed by atoms with E-state index >= 15 is 0 Å². The van der Waals surface area contributed by atoms with E-state index < -0.39 is 11.7 Å². The maximum absolute atomic E-state index is 11.8. The van der Waals surface area contributed by atoms with Crippen LogP contribution in [0.15, 0.2) is 12.1 Å². The Labute approximate surface area is 124 Å². The van der Waals surface area contributed by atoms with Crippen molar-refractivity contribution in [3.8, 4) is 0 Å². The van der Waals surface area contributed by atoms with Crippen molar-refractivity contribution in [2.24, 2.45) is 0 Å². The van der Waals surface area contributed by atoms with Gasteiger partial charge in [-0.1, -0.05) is 11.6 Å². The maximum Gasteiger partial charge on any atom is 0.412 e. The molecule has 0 aliphatic carbocycles. The van der Waals surface area contributed by atoms with E-state index in [2.05, 4.69) is 10.2 Å². The minimum Gasteiger partial charge on any atom is -0.444 e. The van der Waals surface area contributed by atoms with Gasteiger partial charge in [-0.2, -0.15) is 0 Å². The predicted octanol–water partition coefficient (Wildman–Crippen LogP) is 3.48. The number of ether oxygens (including phenoxy) is 1. The van der Waals surface area contributed by atoms with Crippen LogP contribution in [-0.2, 0) is 4.74 Å². The summed E-state index contributed by atoms with van der Waals surface area (Å²) in [5.74, 6) is 0. The van der Waals surface area contributed by atoms with Gasteiger partial charge < -0.3 is 15.4 Å². The molecule has 1 heterocycles. The third-order valence-electron chi connectivity index (χ3n) is 2.95. The van der Waals surface area contributed by atoms with Crippen LogP contribution in [0.1, 0.15) is 27.2 Å². The molecule has 0 aromatic heterocycles. The Balaban J connectivity index is 2.16. The van der Waals surface area contributed by atoms with Crippen LogP contribution in [-0.4, -0.2) is 24.8 Å². The number of nitrogens with zero attached hydrogens (tertiary/aromatic N) is 1. The van der Waals surface area contributed by atoms with Gasteiger partial charge in [-0.05, 0) is 39.3 Å². The van der Waals surface area contributed by atoms with E-state index in [-0.39, 0.29) is 0 Å². The highest BCUT2D eigenvalue weighted by Crippen LogP contribution is 2.35. The van der Waals surface area contributed by atoms with E-state index in [1.165, 1.54) is 0 Å². The topological polar surface area (TPSA) is 67.6 Å². The molecular weight excluding hydrogens is 278 g/mol. The number of carbonyl (C=O) groups excluding carboxylic acids is 1. The number of rotatable bonds is 2. The molecule has 1 fully saturated rings. The van der Waals surface area contributed by atoms with Crippen LogP contribution in [0, 0.1) is 0 Å². The van der Waals surface area contributed by atoms with Crippen molar-refractivity contribution in [3.05, 3.63) is 17.2 Å². The predicted molar refractivity (Wildman–Crippen MR) is 82.6 cm³/mol. The second kappa shape index (κ2) is 5.40. The van der Waals surface area contributed by atoms with Crippen LogP contribution in [0.25, 0.3) is 0 Å². The monoisotopic (exact) mass is 297 g/mol. The minimum absolute atomic E-state index is 0.421. The zero-order valence-corrected chi connectivity index (χ0v) is 12.8. The number of amides is 1. The molecule has 6 heteroatoms. The summed E-state index contributed by atoms with van der Waals surface area (Å²) in [4.78, 5) is 13.9. The van der Waals surface area contributed by atoms with Crippen molar-refractivity contribution in [2.75, 3.05) is 29.0 Å². The van der Waals surface area contributed by atoms with E-state index in [1.807, 2.05) is 20.8 Å². The number of halogens is 1. The summed E-state index contributed by atoms with van der Waals surface area (Å²) >= 11 is 6.19. The minimum atomic E-state index is -0.550. The summed E-state index contributed by atoms with van der Waals surface area (Å²) in [6, 6.07) is 3.45. The molecule has 0 spiro atoms. The maximum atomic E-state index is 11.8. The molecule has 110 valence electrons. The van der Waals surface area contributed by atoms with Gasteiger partial charge in [-0.3, -0.25) is 5.32 Å². The van der Waals surface area contributed by atoms with E-state index in [4.69, 9.17) is 22.1 Å². The van der Waals surface area contributed by atoms with Gasteiger partial charge in [0.05, 0.1) is 22.1 Å². The van der Waals surface area contributed by atoms with Crippen LogP contribution < -0.4 is 16.0 Å². The Kier molecular flexibility index (Phi) is 3.99. The SMILES string of the molecule is CC(C)(C)OC(=O)Nc1cc(N2CCC2)c(Cl)cc1N. The van der Waals surface area contributed by atoms with Crippen LogP contribution in [0.4, 0.5) is 21.9 Å². The molecule has 1 aromatic carbocycles. The highest BCUT2D eigenvalue weighted by atomic mass is 35.5. The Hall–Kier alpha value is -1.62. The normalized spacial score (nSPS) is 14.7. The standard InChI is InChI=1S/C14H20ClN3O2/c1-14(2,3)20-13(19)17-11-8-12(18-5-4-6-18)9(15)7-10(11)16/h7-8H,4-6,16H2,1-3H3,(H,17,19). The van der Waals surface area contributed by atoms with Crippen molar-refractivity contribution >= 4 is 34.8 Å². The molecule has 1 saturated heterocycles. The van der Waals surface area contributed by atoms with Gasteiger partial charge in [0, 0.05) is 13.1 Å². The van der Waals surface area contributed by atoms with Crippen LogP contribution in [0.2, 0.25) is 5.02 Å². The summed E-state index contributed by atoms with van der Waals surface area (Å²) in [5, 5.41) is 3.26. The van der Waals surface area contributed by atoms with E-state index in [1.54, 1.807) is 12.1 Å². The van der Waals surface area contributed by atoms with E-state index in [0.717, 1.165) is 25.2 Å². The molecule has 0 saturated carbocycles. The Morgan fingerprint density at radius 2 is 2.05 bits per heavy atom. The Morgan fingerprint density at radius 3 is 2.55 bits per heavy atom. The molecular formula is C14H20ClN3O2. The van der Waals surface area contributed by atoms with Crippen LogP contribution in [0.3, 0.4) is 0 Å². The number of hydrogen-bond acceptors (Lipinski definition) is 4. The Bertz CT molecular complexity index is 522. The van der Waals surface area contributed by atoms with Gasteiger partial charge in [0.1, 0.15) is 5.60 Å². The number of nitrogens with one attached hydrogen (secondary N) is 1. The first-order chi connectivity index (χ1) is 9.26. The van der Waals surface area contributed by atoms with Gasteiger partial charge in [0.2, 0.25) is 0 Å². The largest absolute Gasteiger partial charge is 0.444 e. The fourth-order valence-corrected chi connectivity index (χ4v) is 2.19. The van der Waals surface area contributed by atoms with Crippen molar-refractivity contribution in [1.29, 1.82) is 0 Å². The quantitative estimate of drug-likeness (QED) is 0.820. The number of nitrogens with two attached hydrogens (primary N) is 1. The average Bonchev–Trinajstić information content (AvgIpc) is 2.19. The fourth-order valence-electron chi connectivity index (χ4n) is 1.90. The number of carbonyl (C=O) groups is 1.